The maximum atomic E-state index is 12.7. The van der Waals surface area contributed by atoms with E-state index in [1.165, 1.54) is 19.5 Å². The SMILES string of the molecule is COc1cc(OCCF)cc([C@H](Nc2ccc(C(=N)N)cc2)c2nn(-c3ncccn3)c(=O)[nH]2)c1. The highest BCUT2D eigenvalue weighted by atomic mass is 19.1. The molecule has 0 spiro atoms. The van der Waals surface area contributed by atoms with Crippen LogP contribution in [0.1, 0.15) is 23.0 Å². The average molecular weight is 478 g/mol. The fraction of sp³-hybridized carbons (Fsp3) is 0.174. The van der Waals surface area contributed by atoms with Crippen molar-refractivity contribution in [3.8, 4) is 17.4 Å². The Morgan fingerprint density at radius 2 is 1.91 bits per heavy atom. The van der Waals surface area contributed by atoms with Gasteiger partial charge in [-0.1, -0.05) is 0 Å². The van der Waals surface area contributed by atoms with Crippen LogP contribution in [0.25, 0.3) is 5.95 Å². The summed E-state index contributed by atoms with van der Waals surface area (Å²) in [4.78, 5) is 23.6. The molecule has 11 nitrogen and oxygen atoms in total. The molecule has 0 amide bonds. The number of methoxy groups -OCH3 is 1. The molecule has 0 saturated carbocycles. The molecule has 2 aromatic heterocycles. The van der Waals surface area contributed by atoms with E-state index < -0.39 is 18.4 Å². The number of amidine groups is 1. The Bertz CT molecular complexity index is 1360. The lowest BCUT2D eigenvalue weighted by Crippen LogP contribution is -2.18. The predicted molar refractivity (Wildman–Crippen MR) is 127 cm³/mol. The third kappa shape index (κ3) is 5.43. The second-order valence-corrected chi connectivity index (χ2v) is 7.32. The summed E-state index contributed by atoms with van der Waals surface area (Å²) in [5.41, 5.74) is 6.89. The number of nitrogen functional groups attached to an aromatic ring is 1. The van der Waals surface area contributed by atoms with Crippen molar-refractivity contribution in [2.24, 2.45) is 5.73 Å². The highest BCUT2D eigenvalue weighted by Crippen LogP contribution is 2.31. The fourth-order valence-corrected chi connectivity index (χ4v) is 3.35. The molecule has 0 aliphatic carbocycles. The van der Waals surface area contributed by atoms with Crippen LogP contribution in [-0.2, 0) is 0 Å². The molecule has 0 aliphatic rings. The number of anilines is 1. The molecular formula is C23H23FN8O3. The highest BCUT2D eigenvalue weighted by Gasteiger charge is 2.22. The first-order valence-corrected chi connectivity index (χ1v) is 10.5. The Kier molecular flexibility index (Phi) is 7.00. The summed E-state index contributed by atoms with van der Waals surface area (Å²) < 4.78 is 24.6. The van der Waals surface area contributed by atoms with Crippen molar-refractivity contribution >= 4 is 11.5 Å². The van der Waals surface area contributed by atoms with Crippen molar-refractivity contribution < 1.29 is 13.9 Å². The number of benzene rings is 2. The maximum Gasteiger partial charge on any atom is 0.350 e. The van der Waals surface area contributed by atoms with E-state index in [0.29, 0.717) is 28.3 Å². The Morgan fingerprint density at radius 3 is 2.57 bits per heavy atom. The third-order valence-electron chi connectivity index (χ3n) is 4.97. The smallest absolute Gasteiger partial charge is 0.350 e. The van der Waals surface area contributed by atoms with Crippen LogP contribution < -0.4 is 26.2 Å². The van der Waals surface area contributed by atoms with Crippen LogP contribution in [-0.4, -0.2) is 51.0 Å². The average Bonchev–Trinajstić information content (AvgIpc) is 3.27. The van der Waals surface area contributed by atoms with Gasteiger partial charge in [0.15, 0.2) is 5.82 Å². The van der Waals surface area contributed by atoms with E-state index in [2.05, 4.69) is 25.4 Å². The number of nitrogens with one attached hydrogen (secondary N) is 3. The van der Waals surface area contributed by atoms with Gasteiger partial charge in [-0.15, -0.1) is 9.78 Å². The van der Waals surface area contributed by atoms with Crippen molar-refractivity contribution in [2.45, 2.75) is 6.04 Å². The number of aromatic nitrogens is 5. The second kappa shape index (κ2) is 10.5. The molecule has 4 aromatic rings. The lowest BCUT2D eigenvalue weighted by Gasteiger charge is -2.20. The minimum absolute atomic E-state index is 0.0542. The summed E-state index contributed by atoms with van der Waals surface area (Å²) in [6.07, 6.45) is 3.01. The minimum Gasteiger partial charge on any atom is -0.497 e. The number of hydrogen-bond acceptors (Lipinski definition) is 8. The predicted octanol–water partition coefficient (Wildman–Crippen LogP) is 2.19. The molecule has 0 unspecified atom stereocenters. The first kappa shape index (κ1) is 23.4. The van der Waals surface area contributed by atoms with Gasteiger partial charge in [0.2, 0.25) is 0 Å². The molecule has 12 heteroatoms. The van der Waals surface area contributed by atoms with E-state index in [1.807, 2.05) is 0 Å². The van der Waals surface area contributed by atoms with Crippen LogP contribution in [0.3, 0.4) is 0 Å². The highest BCUT2D eigenvalue weighted by molar-refractivity contribution is 5.95. The number of halogens is 1. The minimum atomic E-state index is -0.682. The molecule has 1 atom stereocenters. The van der Waals surface area contributed by atoms with Crippen molar-refractivity contribution in [3.63, 3.8) is 0 Å². The Hall–Kier alpha value is -4.74. The summed E-state index contributed by atoms with van der Waals surface area (Å²) >= 11 is 0. The van der Waals surface area contributed by atoms with Crippen LogP contribution in [0.4, 0.5) is 10.1 Å². The molecule has 0 radical (unpaired) electrons. The van der Waals surface area contributed by atoms with Gasteiger partial charge in [-0.25, -0.2) is 19.2 Å². The zero-order chi connectivity index (χ0) is 24.8. The lowest BCUT2D eigenvalue weighted by atomic mass is 10.0. The van der Waals surface area contributed by atoms with Gasteiger partial charge in [0.1, 0.15) is 36.7 Å². The van der Waals surface area contributed by atoms with Crippen molar-refractivity contribution in [2.75, 3.05) is 25.7 Å². The van der Waals surface area contributed by atoms with E-state index >= 15 is 0 Å². The van der Waals surface area contributed by atoms with Crippen LogP contribution in [0.2, 0.25) is 0 Å². The molecule has 2 aromatic carbocycles. The molecule has 0 saturated heterocycles. The van der Waals surface area contributed by atoms with Crippen LogP contribution >= 0.6 is 0 Å². The third-order valence-corrected chi connectivity index (χ3v) is 4.97. The Labute approximate surface area is 199 Å². The summed E-state index contributed by atoms with van der Waals surface area (Å²) in [5.74, 6) is 1.19. The van der Waals surface area contributed by atoms with Crippen molar-refractivity contribution in [1.82, 2.24) is 24.7 Å². The molecule has 180 valence electrons. The molecule has 0 bridgehead atoms. The first-order chi connectivity index (χ1) is 17.0. The van der Waals surface area contributed by atoms with E-state index in [9.17, 15) is 9.18 Å². The fourth-order valence-electron chi connectivity index (χ4n) is 3.35. The van der Waals surface area contributed by atoms with E-state index in [4.69, 9.17) is 20.6 Å². The number of H-pyrrole nitrogens is 1. The molecule has 0 aliphatic heterocycles. The molecule has 35 heavy (non-hydrogen) atoms. The quantitative estimate of drug-likeness (QED) is 0.200. The molecular weight excluding hydrogens is 455 g/mol. The largest absolute Gasteiger partial charge is 0.497 e. The van der Waals surface area contributed by atoms with Gasteiger partial charge in [0, 0.05) is 29.7 Å². The standard InChI is InChI=1S/C23H23FN8O3/c1-34-17-11-15(12-18(13-17)35-10-7-24)19(29-16-5-3-14(4-6-16)20(25)26)21-30-23(33)32(31-21)22-27-8-2-9-28-22/h2-6,8-9,11-13,19,29H,7,10H2,1H3,(H3,25,26)(H,30,31,33)/t19-/m0/s1. The monoisotopic (exact) mass is 478 g/mol. The Balaban J connectivity index is 1.79. The number of hydrogen-bond donors (Lipinski definition) is 4. The van der Waals surface area contributed by atoms with Crippen LogP contribution in [0, 0.1) is 5.41 Å². The summed E-state index contributed by atoms with van der Waals surface area (Å²) in [7, 11) is 1.50. The summed E-state index contributed by atoms with van der Waals surface area (Å²) in [6, 6.07) is 12.9. The van der Waals surface area contributed by atoms with Crippen molar-refractivity contribution in [1.29, 1.82) is 5.41 Å². The zero-order valence-electron chi connectivity index (χ0n) is 18.7. The molecule has 2 heterocycles. The van der Waals surface area contributed by atoms with Gasteiger partial charge in [0.05, 0.1) is 7.11 Å². The Morgan fingerprint density at radius 1 is 1.20 bits per heavy atom. The topological polar surface area (TPSA) is 157 Å². The van der Waals surface area contributed by atoms with Gasteiger partial charge in [-0.2, -0.15) is 0 Å². The van der Waals surface area contributed by atoms with Gasteiger partial charge in [0.25, 0.3) is 5.95 Å². The number of alkyl halides is 1. The zero-order valence-corrected chi connectivity index (χ0v) is 18.7. The number of nitrogens with two attached hydrogens (primary N) is 1. The first-order valence-electron chi connectivity index (χ1n) is 10.5. The second-order valence-electron chi connectivity index (χ2n) is 7.32. The van der Waals surface area contributed by atoms with Crippen LogP contribution in [0.5, 0.6) is 11.5 Å². The van der Waals surface area contributed by atoms with Gasteiger partial charge in [-0.05, 0) is 48.0 Å². The van der Waals surface area contributed by atoms with E-state index in [1.54, 1.807) is 48.5 Å². The summed E-state index contributed by atoms with van der Waals surface area (Å²) in [6.45, 7) is -0.764. The normalized spacial score (nSPS) is 11.6. The van der Waals surface area contributed by atoms with Crippen molar-refractivity contribution in [3.05, 3.63) is 88.4 Å². The van der Waals surface area contributed by atoms with E-state index in [-0.39, 0.29) is 24.2 Å². The number of rotatable bonds is 10. The lowest BCUT2D eigenvalue weighted by molar-refractivity contribution is 0.271. The summed E-state index contributed by atoms with van der Waals surface area (Å²) in [5, 5.41) is 15.3. The van der Waals surface area contributed by atoms with Gasteiger partial charge >= 0.3 is 5.69 Å². The molecule has 0 fully saturated rings. The molecule has 4 rings (SSSR count). The van der Waals surface area contributed by atoms with Crippen LogP contribution in [0.15, 0.2) is 65.7 Å². The van der Waals surface area contributed by atoms with Gasteiger partial charge < -0.3 is 20.5 Å². The van der Waals surface area contributed by atoms with E-state index in [0.717, 1.165) is 4.68 Å². The number of aromatic amines is 1. The van der Waals surface area contributed by atoms with Gasteiger partial charge in [-0.3, -0.25) is 10.4 Å². The maximum absolute atomic E-state index is 12.7. The molecule has 5 N–H and O–H groups in total. The number of ether oxygens (including phenoxy) is 2. The number of nitrogens with zero attached hydrogens (tertiary/aromatic N) is 4.